The van der Waals surface area contributed by atoms with E-state index in [-0.39, 0.29) is 6.61 Å². The predicted octanol–water partition coefficient (Wildman–Crippen LogP) is 0.0612. The highest BCUT2D eigenvalue weighted by Gasteiger charge is 2.02. The summed E-state index contributed by atoms with van der Waals surface area (Å²) in [5, 5.41) is 9.96. The van der Waals surface area contributed by atoms with Crippen molar-refractivity contribution in [1.29, 1.82) is 0 Å². The highest BCUT2D eigenvalue weighted by Crippen LogP contribution is 1.94. The molecule has 1 aromatic rings. The van der Waals surface area contributed by atoms with E-state index in [2.05, 4.69) is 15.6 Å². The molecule has 0 fully saturated rings. The molecule has 6 heteroatoms. The minimum Gasteiger partial charge on any atom is -0.443 e. The first-order valence-electron chi connectivity index (χ1n) is 3.98. The summed E-state index contributed by atoms with van der Waals surface area (Å²) in [4.78, 5) is 10.8. The fraction of sp³-hybridized carbons (Fsp3) is 0.571. The van der Waals surface area contributed by atoms with E-state index < -0.39 is 6.09 Å². The third kappa shape index (κ3) is 3.10. The Morgan fingerprint density at radius 2 is 2.54 bits per heavy atom. The maximum absolute atomic E-state index is 10.8. The van der Waals surface area contributed by atoms with Gasteiger partial charge in [-0.05, 0) is 6.92 Å². The van der Waals surface area contributed by atoms with Crippen molar-refractivity contribution in [2.75, 3.05) is 6.54 Å². The second-order valence-corrected chi connectivity index (χ2v) is 2.49. The van der Waals surface area contributed by atoms with E-state index in [1.807, 2.05) is 6.92 Å². The third-order valence-electron chi connectivity index (χ3n) is 1.32. The van der Waals surface area contributed by atoms with Crippen LogP contribution in [-0.4, -0.2) is 27.6 Å². The van der Waals surface area contributed by atoms with Crippen LogP contribution in [0.15, 0.2) is 6.20 Å². The summed E-state index contributed by atoms with van der Waals surface area (Å²) < 4.78 is 6.37. The molecule has 0 radical (unpaired) electrons. The van der Waals surface area contributed by atoms with Gasteiger partial charge in [-0.2, -0.15) is 0 Å². The quantitative estimate of drug-likeness (QED) is 0.721. The lowest BCUT2D eigenvalue weighted by molar-refractivity contribution is 0.139. The van der Waals surface area contributed by atoms with Crippen LogP contribution in [0.3, 0.4) is 0 Å². The molecule has 0 saturated carbocycles. The van der Waals surface area contributed by atoms with Gasteiger partial charge in [-0.25, -0.2) is 4.79 Å². The second-order valence-electron chi connectivity index (χ2n) is 2.49. The lowest BCUT2D eigenvalue weighted by atomic mass is 10.5. The lowest BCUT2D eigenvalue weighted by Crippen LogP contribution is -2.23. The molecule has 13 heavy (non-hydrogen) atoms. The molecule has 0 bridgehead atoms. The van der Waals surface area contributed by atoms with Crippen molar-refractivity contribution in [1.82, 2.24) is 20.3 Å². The summed E-state index contributed by atoms with van der Waals surface area (Å²) >= 11 is 0. The standard InChI is InChI=1S/C7H12N4O2/c1-3-8-7(12)13-5-6-4-11(2)10-9-6/h4H,3,5H2,1-2H3,(H,8,12). The number of rotatable bonds is 3. The van der Waals surface area contributed by atoms with Gasteiger partial charge in [0.1, 0.15) is 12.3 Å². The van der Waals surface area contributed by atoms with Gasteiger partial charge in [-0.15, -0.1) is 5.10 Å². The smallest absolute Gasteiger partial charge is 0.407 e. The Morgan fingerprint density at radius 1 is 1.77 bits per heavy atom. The molecule has 0 saturated heterocycles. The van der Waals surface area contributed by atoms with Gasteiger partial charge in [0.25, 0.3) is 0 Å². The average Bonchev–Trinajstić information content (AvgIpc) is 2.49. The minimum atomic E-state index is -0.437. The van der Waals surface area contributed by atoms with Crippen LogP contribution in [0.25, 0.3) is 0 Å². The average molecular weight is 184 g/mol. The largest absolute Gasteiger partial charge is 0.443 e. The third-order valence-corrected chi connectivity index (χ3v) is 1.32. The Morgan fingerprint density at radius 3 is 3.08 bits per heavy atom. The topological polar surface area (TPSA) is 69.0 Å². The Labute approximate surface area is 75.9 Å². The molecule has 6 nitrogen and oxygen atoms in total. The summed E-state index contributed by atoms with van der Waals surface area (Å²) in [6.07, 6.45) is 1.26. The molecule has 0 unspecified atom stereocenters. The van der Waals surface area contributed by atoms with Gasteiger partial charge in [-0.3, -0.25) is 4.68 Å². The van der Waals surface area contributed by atoms with E-state index in [1.54, 1.807) is 17.9 Å². The van der Waals surface area contributed by atoms with E-state index in [0.29, 0.717) is 12.2 Å². The van der Waals surface area contributed by atoms with E-state index in [9.17, 15) is 4.79 Å². The van der Waals surface area contributed by atoms with E-state index in [1.165, 1.54) is 0 Å². The molecule has 0 atom stereocenters. The first-order valence-corrected chi connectivity index (χ1v) is 3.98. The van der Waals surface area contributed by atoms with Crippen LogP contribution in [0.1, 0.15) is 12.6 Å². The van der Waals surface area contributed by atoms with Gasteiger partial charge in [0.2, 0.25) is 0 Å². The summed E-state index contributed by atoms with van der Waals surface area (Å²) in [5.74, 6) is 0. The van der Waals surface area contributed by atoms with Crippen LogP contribution < -0.4 is 5.32 Å². The number of alkyl carbamates (subject to hydrolysis) is 1. The molecular weight excluding hydrogens is 172 g/mol. The van der Waals surface area contributed by atoms with E-state index >= 15 is 0 Å². The Hall–Kier alpha value is -1.59. The van der Waals surface area contributed by atoms with Crippen LogP contribution in [0.5, 0.6) is 0 Å². The number of nitrogens with one attached hydrogen (secondary N) is 1. The maximum atomic E-state index is 10.8. The SMILES string of the molecule is CCNC(=O)OCc1cn(C)nn1. The van der Waals surface area contributed by atoms with Crippen LogP contribution in [-0.2, 0) is 18.4 Å². The first-order chi connectivity index (χ1) is 6.22. The van der Waals surface area contributed by atoms with Gasteiger partial charge in [0.15, 0.2) is 0 Å². The van der Waals surface area contributed by atoms with Gasteiger partial charge >= 0.3 is 6.09 Å². The molecule has 0 aliphatic heterocycles. The molecule has 0 spiro atoms. The van der Waals surface area contributed by atoms with Crippen molar-refractivity contribution in [2.24, 2.45) is 7.05 Å². The molecule has 1 rings (SSSR count). The molecular formula is C7H12N4O2. The molecule has 1 aromatic heterocycles. The zero-order valence-electron chi connectivity index (χ0n) is 7.65. The summed E-state index contributed by atoms with van der Waals surface area (Å²) in [5.41, 5.74) is 0.633. The van der Waals surface area contributed by atoms with Gasteiger partial charge in [-0.1, -0.05) is 5.21 Å². The summed E-state index contributed by atoms with van der Waals surface area (Å²) in [7, 11) is 1.75. The number of nitrogens with zero attached hydrogens (tertiary/aromatic N) is 3. The molecule has 1 amide bonds. The Balaban J connectivity index is 2.30. The Kier molecular flexibility index (Phi) is 3.24. The first kappa shape index (κ1) is 9.50. The van der Waals surface area contributed by atoms with E-state index in [4.69, 9.17) is 4.74 Å². The van der Waals surface area contributed by atoms with Crippen molar-refractivity contribution >= 4 is 6.09 Å². The minimum absolute atomic E-state index is 0.152. The number of hydrogen-bond donors (Lipinski definition) is 1. The van der Waals surface area contributed by atoms with Crippen molar-refractivity contribution in [3.63, 3.8) is 0 Å². The normalized spacial score (nSPS) is 9.69. The van der Waals surface area contributed by atoms with Crippen molar-refractivity contribution in [2.45, 2.75) is 13.5 Å². The number of aryl methyl sites for hydroxylation is 1. The molecule has 1 heterocycles. The fourth-order valence-electron chi connectivity index (χ4n) is 0.796. The van der Waals surface area contributed by atoms with Crippen LogP contribution in [0, 0.1) is 0 Å². The zero-order chi connectivity index (χ0) is 9.68. The zero-order valence-corrected chi connectivity index (χ0v) is 7.65. The second kappa shape index (κ2) is 4.44. The monoisotopic (exact) mass is 184 g/mol. The summed E-state index contributed by atoms with van der Waals surface area (Å²) in [6.45, 7) is 2.53. The number of amides is 1. The van der Waals surface area contributed by atoms with Crippen LogP contribution in [0.2, 0.25) is 0 Å². The van der Waals surface area contributed by atoms with Crippen LogP contribution >= 0.6 is 0 Å². The highest BCUT2D eigenvalue weighted by molar-refractivity contribution is 5.66. The van der Waals surface area contributed by atoms with E-state index in [0.717, 1.165) is 0 Å². The van der Waals surface area contributed by atoms with Gasteiger partial charge in [0, 0.05) is 13.6 Å². The highest BCUT2D eigenvalue weighted by atomic mass is 16.5. The number of hydrogen-bond acceptors (Lipinski definition) is 4. The predicted molar refractivity (Wildman–Crippen MR) is 44.9 cm³/mol. The van der Waals surface area contributed by atoms with Crippen molar-refractivity contribution in [3.8, 4) is 0 Å². The molecule has 72 valence electrons. The Bertz CT molecular complexity index is 284. The molecule has 0 aliphatic rings. The van der Waals surface area contributed by atoms with Crippen molar-refractivity contribution in [3.05, 3.63) is 11.9 Å². The molecule has 0 aliphatic carbocycles. The number of carbonyl (C=O) groups is 1. The maximum Gasteiger partial charge on any atom is 0.407 e. The number of ether oxygens (including phenoxy) is 1. The van der Waals surface area contributed by atoms with Gasteiger partial charge in [0.05, 0.1) is 6.20 Å². The number of carbonyl (C=O) groups excluding carboxylic acids is 1. The van der Waals surface area contributed by atoms with Gasteiger partial charge < -0.3 is 10.1 Å². The number of aromatic nitrogens is 3. The lowest BCUT2D eigenvalue weighted by Gasteiger charge is -2.01. The summed E-state index contributed by atoms with van der Waals surface area (Å²) in [6, 6.07) is 0. The molecule has 1 N–H and O–H groups in total. The fourth-order valence-corrected chi connectivity index (χ4v) is 0.796. The van der Waals surface area contributed by atoms with Crippen LogP contribution in [0.4, 0.5) is 4.79 Å². The molecule has 0 aromatic carbocycles. The van der Waals surface area contributed by atoms with Crippen molar-refractivity contribution < 1.29 is 9.53 Å².